The van der Waals surface area contributed by atoms with Crippen LogP contribution in [0.15, 0.2) is 55.0 Å². The van der Waals surface area contributed by atoms with Gasteiger partial charge in [-0.05, 0) is 29.7 Å². The Morgan fingerprint density at radius 1 is 1.19 bits per heavy atom. The van der Waals surface area contributed by atoms with E-state index >= 15 is 0 Å². The number of ether oxygens (including phenoxy) is 1. The topological polar surface area (TPSA) is 98.1 Å². The minimum Gasteiger partial charge on any atom is -0.496 e. The van der Waals surface area contributed by atoms with Crippen molar-refractivity contribution in [3.63, 3.8) is 0 Å². The van der Waals surface area contributed by atoms with E-state index in [1.165, 1.54) is 0 Å². The van der Waals surface area contributed by atoms with E-state index in [2.05, 4.69) is 20.7 Å². The number of methoxy groups -OCH3 is 1. The average Bonchev–Trinajstić information content (AvgIpc) is 3.37. The second-order valence-corrected chi connectivity index (χ2v) is 7.51. The molecule has 3 heterocycles. The number of pyridine rings is 1. The predicted molar refractivity (Wildman–Crippen MR) is 115 cm³/mol. The molecule has 1 unspecified atom stereocenters. The maximum atomic E-state index is 12.6. The molecule has 0 radical (unpaired) electrons. The van der Waals surface area contributed by atoms with E-state index in [-0.39, 0.29) is 17.9 Å². The highest BCUT2D eigenvalue weighted by Crippen LogP contribution is 2.21. The number of aromatic nitrogens is 3. The highest BCUT2D eigenvalue weighted by atomic mass is 16.5. The van der Waals surface area contributed by atoms with Crippen LogP contribution >= 0.6 is 0 Å². The Hall–Kier alpha value is -3.68. The molecule has 2 amide bonds. The summed E-state index contributed by atoms with van der Waals surface area (Å²) in [6.07, 6.45) is 6.57. The van der Waals surface area contributed by atoms with Crippen molar-refractivity contribution in [1.29, 1.82) is 0 Å². The molecular formula is C23H25N5O3. The molecular weight excluding hydrogens is 394 g/mol. The first-order valence-corrected chi connectivity index (χ1v) is 10.3. The van der Waals surface area contributed by atoms with Crippen molar-refractivity contribution < 1.29 is 14.3 Å². The number of rotatable bonds is 8. The Kier molecular flexibility index (Phi) is 6.26. The van der Waals surface area contributed by atoms with Crippen molar-refractivity contribution in [1.82, 2.24) is 25.4 Å². The molecule has 160 valence electrons. The molecule has 8 heteroatoms. The number of carbonyl (C=O) groups is 2. The average molecular weight is 419 g/mol. The van der Waals surface area contributed by atoms with E-state index in [4.69, 9.17) is 4.74 Å². The molecule has 0 saturated carbocycles. The number of fused-ring (bicyclic) bond motifs is 1. The third-order valence-corrected chi connectivity index (χ3v) is 5.38. The fraction of sp³-hybridized carbons (Fsp3) is 0.304. The first-order chi connectivity index (χ1) is 15.1. The van der Waals surface area contributed by atoms with E-state index in [0.717, 1.165) is 22.6 Å². The van der Waals surface area contributed by atoms with Crippen molar-refractivity contribution in [3.05, 3.63) is 77.4 Å². The number of carbonyl (C=O) groups excluding carboxylic acids is 2. The van der Waals surface area contributed by atoms with Crippen molar-refractivity contribution in [3.8, 4) is 5.75 Å². The molecule has 0 spiro atoms. The SMILES string of the molecule is COc1ccccc1CCC(=O)NC1Cc2c(C(=O)NCc3cccnc3)cnn2C1. The van der Waals surface area contributed by atoms with Crippen LogP contribution in [-0.2, 0) is 30.7 Å². The van der Waals surface area contributed by atoms with Crippen LogP contribution in [0.1, 0.15) is 33.6 Å². The quantitative estimate of drug-likeness (QED) is 0.581. The minimum atomic E-state index is -0.173. The minimum absolute atomic E-state index is 0.0239. The number of nitrogens with zero attached hydrogens (tertiary/aromatic N) is 3. The van der Waals surface area contributed by atoms with E-state index in [0.29, 0.717) is 37.9 Å². The van der Waals surface area contributed by atoms with Gasteiger partial charge < -0.3 is 15.4 Å². The van der Waals surface area contributed by atoms with Gasteiger partial charge >= 0.3 is 0 Å². The Labute approximate surface area is 180 Å². The second-order valence-electron chi connectivity index (χ2n) is 7.51. The fourth-order valence-electron chi connectivity index (χ4n) is 3.81. The van der Waals surface area contributed by atoms with Gasteiger partial charge in [0.1, 0.15) is 5.75 Å². The lowest BCUT2D eigenvalue weighted by Crippen LogP contribution is -2.36. The molecule has 1 aliphatic rings. The van der Waals surface area contributed by atoms with Crippen molar-refractivity contribution in [2.75, 3.05) is 7.11 Å². The van der Waals surface area contributed by atoms with Crippen LogP contribution in [0.5, 0.6) is 5.75 Å². The summed E-state index contributed by atoms with van der Waals surface area (Å²) < 4.78 is 7.14. The highest BCUT2D eigenvalue weighted by molar-refractivity contribution is 5.95. The molecule has 3 aromatic rings. The molecule has 0 saturated heterocycles. The molecule has 2 aromatic heterocycles. The number of hydrogen-bond donors (Lipinski definition) is 2. The van der Waals surface area contributed by atoms with Gasteiger partial charge in [-0.25, -0.2) is 0 Å². The predicted octanol–water partition coefficient (Wildman–Crippen LogP) is 1.89. The Morgan fingerprint density at radius 2 is 2.06 bits per heavy atom. The van der Waals surface area contributed by atoms with Crippen LogP contribution in [0.4, 0.5) is 0 Å². The maximum Gasteiger partial charge on any atom is 0.255 e. The molecule has 8 nitrogen and oxygen atoms in total. The Bertz CT molecular complexity index is 1060. The van der Waals surface area contributed by atoms with E-state index in [1.54, 1.807) is 30.4 Å². The van der Waals surface area contributed by atoms with Gasteiger partial charge in [0.15, 0.2) is 0 Å². The van der Waals surface area contributed by atoms with Crippen molar-refractivity contribution in [2.45, 2.75) is 38.4 Å². The van der Waals surface area contributed by atoms with Gasteiger partial charge in [-0.3, -0.25) is 19.3 Å². The summed E-state index contributed by atoms with van der Waals surface area (Å²) in [4.78, 5) is 29.1. The smallest absolute Gasteiger partial charge is 0.255 e. The summed E-state index contributed by atoms with van der Waals surface area (Å²) in [6, 6.07) is 11.4. The van der Waals surface area contributed by atoms with Gasteiger partial charge in [-0.2, -0.15) is 5.10 Å². The Morgan fingerprint density at radius 3 is 2.87 bits per heavy atom. The molecule has 1 aliphatic heterocycles. The lowest BCUT2D eigenvalue weighted by molar-refractivity contribution is -0.121. The van der Waals surface area contributed by atoms with Crippen molar-refractivity contribution in [2.24, 2.45) is 0 Å². The number of aryl methyl sites for hydroxylation is 1. The van der Waals surface area contributed by atoms with Crippen LogP contribution in [0.3, 0.4) is 0 Å². The van der Waals surface area contributed by atoms with Crippen molar-refractivity contribution >= 4 is 11.8 Å². The molecule has 2 N–H and O–H groups in total. The van der Waals surface area contributed by atoms with Gasteiger partial charge in [0.2, 0.25) is 5.91 Å². The summed E-state index contributed by atoms with van der Waals surface area (Å²) in [5.74, 6) is 0.593. The zero-order valence-electron chi connectivity index (χ0n) is 17.4. The van der Waals surface area contributed by atoms with Crippen LogP contribution in [0.25, 0.3) is 0 Å². The standard InChI is InChI=1S/C23H25N5O3/c1-31-21-7-3-2-6-17(21)8-9-22(29)27-18-11-20-19(14-26-28(20)15-18)23(30)25-13-16-5-4-10-24-12-16/h2-7,10,12,14,18H,8-9,11,13,15H2,1H3,(H,25,30)(H,27,29). The van der Waals surface area contributed by atoms with Crippen LogP contribution in [0, 0.1) is 0 Å². The fourth-order valence-corrected chi connectivity index (χ4v) is 3.81. The maximum absolute atomic E-state index is 12.6. The van der Waals surface area contributed by atoms with E-state index < -0.39 is 0 Å². The zero-order chi connectivity index (χ0) is 21.6. The molecule has 4 rings (SSSR count). The van der Waals surface area contributed by atoms with E-state index in [1.807, 2.05) is 36.4 Å². The molecule has 1 aromatic carbocycles. The monoisotopic (exact) mass is 419 g/mol. The molecule has 0 aliphatic carbocycles. The summed E-state index contributed by atoms with van der Waals surface area (Å²) >= 11 is 0. The number of nitrogens with one attached hydrogen (secondary N) is 2. The van der Waals surface area contributed by atoms with Gasteiger partial charge in [0.25, 0.3) is 5.91 Å². The van der Waals surface area contributed by atoms with Gasteiger partial charge in [-0.1, -0.05) is 24.3 Å². The van der Waals surface area contributed by atoms with E-state index in [9.17, 15) is 9.59 Å². The third-order valence-electron chi connectivity index (χ3n) is 5.38. The first kappa shape index (κ1) is 20.6. The molecule has 31 heavy (non-hydrogen) atoms. The second kappa shape index (κ2) is 9.42. The summed E-state index contributed by atoms with van der Waals surface area (Å²) in [6.45, 7) is 0.964. The number of amides is 2. The van der Waals surface area contributed by atoms with Crippen LogP contribution < -0.4 is 15.4 Å². The zero-order valence-corrected chi connectivity index (χ0v) is 17.4. The van der Waals surface area contributed by atoms with Gasteiger partial charge in [0, 0.05) is 31.8 Å². The lowest BCUT2D eigenvalue weighted by atomic mass is 10.1. The summed E-state index contributed by atoms with van der Waals surface area (Å²) in [5, 5.41) is 10.3. The highest BCUT2D eigenvalue weighted by Gasteiger charge is 2.28. The van der Waals surface area contributed by atoms with Gasteiger partial charge in [0.05, 0.1) is 37.2 Å². The van der Waals surface area contributed by atoms with Crippen LogP contribution in [0.2, 0.25) is 0 Å². The van der Waals surface area contributed by atoms with Gasteiger partial charge in [-0.15, -0.1) is 0 Å². The largest absolute Gasteiger partial charge is 0.496 e. The summed E-state index contributed by atoms with van der Waals surface area (Å²) in [7, 11) is 1.63. The lowest BCUT2D eigenvalue weighted by Gasteiger charge is -2.13. The first-order valence-electron chi connectivity index (χ1n) is 10.3. The normalized spacial score (nSPS) is 14.7. The number of hydrogen-bond acceptors (Lipinski definition) is 5. The summed E-state index contributed by atoms with van der Waals surface area (Å²) in [5.41, 5.74) is 3.33. The number of benzene rings is 1. The molecule has 0 bridgehead atoms. The number of para-hydroxylation sites is 1. The third kappa shape index (κ3) is 4.91. The molecule has 0 fully saturated rings. The molecule has 1 atom stereocenters. The Balaban J connectivity index is 1.29. The van der Waals surface area contributed by atoms with Crippen LogP contribution in [-0.4, -0.2) is 39.7 Å².